The molecule has 0 aliphatic carbocycles. The molecule has 6 heteroatoms. The lowest BCUT2D eigenvalue weighted by Crippen LogP contribution is -2.44. The number of benzene rings is 4. The molecule has 4 nitrogen and oxygen atoms in total. The van der Waals surface area contributed by atoms with E-state index in [-0.39, 0.29) is 0 Å². The molecule has 0 aromatic heterocycles. The largest absolute Gasteiger partial charge is 0.368 e. The number of primary amides is 1. The van der Waals surface area contributed by atoms with Crippen LogP contribution in [0.25, 0.3) is 32.7 Å². The number of anilines is 1. The minimum atomic E-state index is -0.404. The fourth-order valence-corrected chi connectivity index (χ4v) is 5.69. The first kappa shape index (κ1) is 23.9. The molecular formula is C29H29Cl2N3O. The number of hydrogen-bond donors (Lipinski definition) is 2. The number of piperazine rings is 1. The second-order valence-electron chi connectivity index (χ2n) is 9.13. The van der Waals surface area contributed by atoms with E-state index >= 15 is 0 Å². The van der Waals surface area contributed by atoms with Gasteiger partial charge in [-0.05, 0) is 58.3 Å². The van der Waals surface area contributed by atoms with Crippen LogP contribution in [0.3, 0.4) is 0 Å². The molecule has 0 radical (unpaired) electrons. The first-order chi connectivity index (χ1) is 17.0. The van der Waals surface area contributed by atoms with Crippen LogP contribution in [0.15, 0.2) is 54.6 Å². The fraction of sp³-hybridized carbons (Fsp3) is 0.276. The lowest BCUT2D eigenvalue weighted by Gasteiger charge is -2.34. The molecule has 1 fully saturated rings. The lowest BCUT2D eigenvalue weighted by molar-refractivity contribution is 0.1000. The van der Waals surface area contributed by atoms with Crippen molar-refractivity contribution in [2.24, 2.45) is 5.73 Å². The van der Waals surface area contributed by atoms with Gasteiger partial charge in [-0.1, -0.05) is 72.9 Å². The molecular weight excluding hydrogens is 477 g/mol. The molecule has 1 aliphatic heterocycles. The highest BCUT2D eigenvalue weighted by Crippen LogP contribution is 2.46. The number of nitrogens with zero attached hydrogens (tertiary/aromatic N) is 1. The third kappa shape index (κ3) is 4.35. The Bertz CT molecular complexity index is 1430. The van der Waals surface area contributed by atoms with Crippen molar-refractivity contribution in [1.29, 1.82) is 0 Å². The van der Waals surface area contributed by atoms with E-state index in [0.29, 0.717) is 15.6 Å². The van der Waals surface area contributed by atoms with Crippen molar-refractivity contribution in [1.82, 2.24) is 5.32 Å². The highest BCUT2D eigenvalue weighted by Gasteiger charge is 2.28. The van der Waals surface area contributed by atoms with Gasteiger partial charge in [-0.2, -0.15) is 0 Å². The van der Waals surface area contributed by atoms with Crippen molar-refractivity contribution in [2.45, 2.75) is 26.2 Å². The van der Waals surface area contributed by atoms with Crippen LogP contribution in [0.4, 0.5) is 5.69 Å². The summed E-state index contributed by atoms with van der Waals surface area (Å²) in [5.41, 5.74) is 10.5. The van der Waals surface area contributed by atoms with Gasteiger partial charge in [-0.15, -0.1) is 0 Å². The molecule has 35 heavy (non-hydrogen) atoms. The average molecular weight is 506 g/mol. The Balaban J connectivity index is 1.99. The van der Waals surface area contributed by atoms with Gasteiger partial charge in [-0.3, -0.25) is 4.79 Å². The number of carbonyl (C=O) groups is 1. The molecule has 0 bridgehead atoms. The third-order valence-corrected chi connectivity index (χ3v) is 7.75. The van der Waals surface area contributed by atoms with Crippen LogP contribution in [0.2, 0.25) is 10.0 Å². The quantitative estimate of drug-likeness (QED) is 0.282. The number of hydrogen-bond acceptors (Lipinski definition) is 3. The van der Waals surface area contributed by atoms with Gasteiger partial charge in [0.1, 0.15) is 0 Å². The van der Waals surface area contributed by atoms with Gasteiger partial charge in [0.15, 0.2) is 0 Å². The van der Waals surface area contributed by atoms with Gasteiger partial charge in [0, 0.05) is 37.1 Å². The second-order valence-corrected chi connectivity index (χ2v) is 9.91. The van der Waals surface area contributed by atoms with Crippen molar-refractivity contribution < 1.29 is 4.79 Å². The van der Waals surface area contributed by atoms with Crippen molar-refractivity contribution in [3.63, 3.8) is 0 Å². The molecule has 0 unspecified atom stereocenters. The van der Waals surface area contributed by atoms with Crippen LogP contribution in [0.1, 0.15) is 35.7 Å². The number of nitrogens with two attached hydrogens (primary N) is 1. The summed E-state index contributed by atoms with van der Waals surface area (Å²) >= 11 is 13.3. The molecule has 4 aromatic rings. The standard InChI is InChI=1S/C29H29Cl2N3O/c1-2-3-9-20-25(21-10-6-11-24(30)27(21)31)22-16-18-7-4-5-8-19(18)17-23(22)28(26(20)29(32)35)34-14-12-33-13-15-34/h4-8,10-11,16-17,33H,2-3,9,12-15H2,1H3,(H2,32,35). The minimum absolute atomic E-state index is 0.404. The first-order valence-electron chi connectivity index (χ1n) is 12.2. The Morgan fingerprint density at radius 2 is 1.69 bits per heavy atom. The number of fused-ring (bicyclic) bond motifs is 2. The zero-order chi connectivity index (χ0) is 24.5. The van der Waals surface area contributed by atoms with E-state index in [1.807, 2.05) is 24.3 Å². The molecule has 3 N–H and O–H groups in total. The summed E-state index contributed by atoms with van der Waals surface area (Å²) in [4.78, 5) is 15.5. The molecule has 1 saturated heterocycles. The topological polar surface area (TPSA) is 58.4 Å². The van der Waals surface area contributed by atoms with Crippen LogP contribution in [-0.2, 0) is 6.42 Å². The summed E-state index contributed by atoms with van der Waals surface area (Å²) in [6.45, 7) is 5.50. The summed E-state index contributed by atoms with van der Waals surface area (Å²) in [6, 6.07) is 18.4. The van der Waals surface area contributed by atoms with Gasteiger partial charge in [-0.25, -0.2) is 0 Å². The fourth-order valence-electron chi connectivity index (χ4n) is 5.30. The normalized spacial score (nSPS) is 14.1. The molecule has 0 saturated carbocycles. The number of halogens is 2. The van der Waals surface area contributed by atoms with E-state index in [9.17, 15) is 4.79 Å². The molecule has 1 amide bonds. The molecule has 0 spiro atoms. The highest BCUT2D eigenvalue weighted by molar-refractivity contribution is 6.44. The maximum atomic E-state index is 13.2. The first-order valence-corrected chi connectivity index (χ1v) is 13.0. The van der Waals surface area contributed by atoms with Crippen molar-refractivity contribution in [3.8, 4) is 11.1 Å². The van der Waals surface area contributed by atoms with Crippen LogP contribution in [0.5, 0.6) is 0 Å². The molecule has 1 aliphatic rings. The highest BCUT2D eigenvalue weighted by atomic mass is 35.5. The maximum Gasteiger partial charge on any atom is 0.251 e. The Kier molecular flexibility index (Phi) is 6.88. The number of rotatable bonds is 6. The van der Waals surface area contributed by atoms with Crippen molar-refractivity contribution in [2.75, 3.05) is 31.1 Å². The van der Waals surface area contributed by atoms with E-state index in [2.05, 4.69) is 41.4 Å². The Morgan fingerprint density at radius 1 is 1.00 bits per heavy atom. The molecule has 5 rings (SSSR count). The summed E-state index contributed by atoms with van der Waals surface area (Å²) in [6.07, 6.45) is 2.67. The van der Waals surface area contributed by atoms with Crippen LogP contribution in [0, 0.1) is 0 Å². The van der Waals surface area contributed by atoms with E-state index in [0.717, 1.165) is 89.4 Å². The molecule has 1 heterocycles. The summed E-state index contributed by atoms with van der Waals surface area (Å²) in [7, 11) is 0. The number of unbranched alkanes of at least 4 members (excludes halogenated alkanes) is 1. The van der Waals surface area contributed by atoms with Gasteiger partial charge >= 0.3 is 0 Å². The van der Waals surface area contributed by atoms with Gasteiger partial charge < -0.3 is 16.0 Å². The Morgan fingerprint density at radius 3 is 2.34 bits per heavy atom. The lowest BCUT2D eigenvalue weighted by atomic mass is 9.84. The number of amides is 1. The Labute approximate surface area is 216 Å². The number of nitrogens with one attached hydrogen (secondary N) is 1. The SMILES string of the molecule is CCCCc1c(C(N)=O)c(N2CCNCC2)c2cc3ccccc3cc2c1-c1cccc(Cl)c1Cl. The van der Waals surface area contributed by atoms with E-state index in [4.69, 9.17) is 28.9 Å². The second kappa shape index (κ2) is 10.1. The van der Waals surface area contributed by atoms with Crippen LogP contribution >= 0.6 is 23.2 Å². The number of carbonyl (C=O) groups excluding carboxylic acids is 1. The predicted molar refractivity (Wildman–Crippen MR) is 149 cm³/mol. The maximum absolute atomic E-state index is 13.2. The van der Waals surface area contributed by atoms with Gasteiger partial charge in [0.05, 0.1) is 21.3 Å². The summed E-state index contributed by atoms with van der Waals surface area (Å²) in [5.74, 6) is -0.404. The smallest absolute Gasteiger partial charge is 0.251 e. The molecule has 180 valence electrons. The predicted octanol–water partition coefficient (Wildman–Crippen LogP) is 6.82. The molecule has 4 aromatic carbocycles. The Hall–Kier alpha value is -2.79. The van der Waals surface area contributed by atoms with E-state index in [1.165, 1.54) is 0 Å². The van der Waals surface area contributed by atoms with Crippen molar-refractivity contribution >= 4 is 56.3 Å². The van der Waals surface area contributed by atoms with Gasteiger partial charge in [0.25, 0.3) is 5.91 Å². The van der Waals surface area contributed by atoms with E-state index in [1.54, 1.807) is 6.07 Å². The van der Waals surface area contributed by atoms with Gasteiger partial charge in [0.2, 0.25) is 0 Å². The molecule has 0 atom stereocenters. The average Bonchev–Trinajstić information content (AvgIpc) is 2.87. The minimum Gasteiger partial charge on any atom is -0.368 e. The van der Waals surface area contributed by atoms with Crippen LogP contribution < -0.4 is 16.0 Å². The zero-order valence-corrected chi connectivity index (χ0v) is 21.3. The monoisotopic (exact) mass is 505 g/mol. The summed E-state index contributed by atoms with van der Waals surface area (Å²) in [5, 5.41) is 8.75. The van der Waals surface area contributed by atoms with E-state index < -0.39 is 5.91 Å². The third-order valence-electron chi connectivity index (χ3n) is 6.93. The summed E-state index contributed by atoms with van der Waals surface area (Å²) < 4.78 is 0. The van der Waals surface area contributed by atoms with Crippen molar-refractivity contribution in [3.05, 3.63) is 75.8 Å². The zero-order valence-electron chi connectivity index (χ0n) is 19.8. The van der Waals surface area contributed by atoms with Crippen LogP contribution in [-0.4, -0.2) is 32.1 Å².